The Balaban J connectivity index is 0.000000810. The highest BCUT2D eigenvalue weighted by molar-refractivity contribution is 5.85. The van der Waals surface area contributed by atoms with Gasteiger partial charge in [0.25, 0.3) is 0 Å². The number of nitrogens with zero attached hydrogens (tertiary/aromatic N) is 1. The van der Waals surface area contributed by atoms with Crippen LogP contribution in [0.4, 0.5) is 5.82 Å². The first-order chi connectivity index (χ1) is 4.20. The minimum Gasteiger partial charge on any atom is -0.506 e. The summed E-state index contributed by atoms with van der Waals surface area (Å²) in [7, 11) is 0. The molecule has 0 saturated carbocycles. The molecular formula is C6H9ClN2O. The van der Waals surface area contributed by atoms with Crippen LogP contribution in [0.25, 0.3) is 0 Å². The minimum atomic E-state index is 0. The number of nitrogen functional groups attached to an aromatic ring is 1. The number of pyridine rings is 1. The minimum absolute atomic E-state index is 0. The summed E-state index contributed by atoms with van der Waals surface area (Å²) >= 11 is 0. The van der Waals surface area contributed by atoms with E-state index in [1.807, 2.05) is 0 Å². The van der Waals surface area contributed by atoms with Crippen molar-refractivity contribution in [2.45, 2.75) is 6.92 Å². The molecule has 4 heteroatoms. The lowest BCUT2D eigenvalue weighted by Gasteiger charge is -1.96. The fraction of sp³-hybridized carbons (Fsp3) is 0.167. The van der Waals surface area contributed by atoms with Crippen molar-refractivity contribution in [2.75, 3.05) is 5.73 Å². The highest BCUT2D eigenvalue weighted by Gasteiger charge is 1.93. The molecule has 0 saturated heterocycles. The van der Waals surface area contributed by atoms with Crippen molar-refractivity contribution in [1.82, 2.24) is 4.98 Å². The summed E-state index contributed by atoms with van der Waals surface area (Å²) in [5.41, 5.74) is 6.06. The summed E-state index contributed by atoms with van der Waals surface area (Å²) in [5, 5.41) is 8.93. The lowest BCUT2D eigenvalue weighted by molar-refractivity contribution is 0.468. The van der Waals surface area contributed by atoms with Gasteiger partial charge in [0.2, 0.25) is 0 Å². The largest absolute Gasteiger partial charge is 0.506 e. The Hall–Kier alpha value is -0.960. The van der Waals surface area contributed by atoms with Crippen LogP contribution in [0.5, 0.6) is 5.75 Å². The highest BCUT2D eigenvalue weighted by Crippen LogP contribution is 2.14. The molecule has 1 rings (SSSR count). The normalized spacial score (nSPS) is 8.50. The molecule has 0 atom stereocenters. The second-order valence-corrected chi connectivity index (χ2v) is 1.90. The van der Waals surface area contributed by atoms with Crippen LogP contribution in [-0.2, 0) is 0 Å². The Morgan fingerprint density at radius 1 is 1.60 bits per heavy atom. The van der Waals surface area contributed by atoms with Crippen LogP contribution in [0.2, 0.25) is 0 Å². The molecule has 3 N–H and O–H groups in total. The molecule has 0 unspecified atom stereocenters. The van der Waals surface area contributed by atoms with Gasteiger partial charge in [0.15, 0.2) is 0 Å². The molecule has 1 aromatic rings. The van der Waals surface area contributed by atoms with E-state index in [-0.39, 0.29) is 18.2 Å². The van der Waals surface area contributed by atoms with Crippen LogP contribution >= 0.6 is 12.4 Å². The molecule has 1 aromatic heterocycles. The average Bonchev–Trinajstić information content (AvgIpc) is 1.80. The average molecular weight is 161 g/mol. The molecule has 0 bridgehead atoms. The van der Waals surface area contributed by atoms with Gasteiger partial charge in [0.05, 0.1) is 6.20 Å². The number of aromatic nitrogens is 1. The molecule has 0 spiro atoms. The molecule has 0 aliphatic rings. The molecule has 0 aliphatic heterocycles. The number of aromatic hydroxyl groups is 1. The van der Waals surface area contributed by atoms with Crippen LogP contribution < -0.4 is 5.73 Å². The van der Waals surface area contributed by atoms with E-state index >= 15 is 0 Å². The van der Waals surface area contributed by atoms with Crippen LogP contribution in [-0.4, -0.2) is 10.1 Å². The Bertz CT molecular complexity index is 227. The van der Waals surface area contributed by atoms with E-state index in [9.17, 15) is 0 Å². The van der Waals surface area contributed by atoms with Crippen LogP contribution in [0, 0.1) is 6.92 Å². The third kappa shape index (κ3) is 1.77. The first-order valence-corrected chi connectivity index (χ1v) is 2.61. The van der Waals surface area contributed by atoms with Crippen molar-refractivity contribution in [3.05, 3.63) is 17.8 Å². The van der Waals surface area contributed by atoms with Gasteiger partial charge >= 0.3 is 0 Å². The number of aryl methyl sites for hydroxylation is 1. The summed E-state index contributed by atoms with van der Waals surface area (Å²) in [6.07, 6.45) is 1.34. The topological polar surface area (TPSA) is 59.1 Å². The summed E-state index contributed by atoms with van der Waals surface area (Å²) in [4.78, 5) is 3.67. The lowest BCUT2D eigenvalue weighted by atomic mass is 10.3. The second-order valence-electron chi connectivity index (χ2n) is 1.90. The Labute approximate surface area is 65.3 Å². The molecular weight excluding hydrogens is 152 g/mol. The van der Waals surface area contributed by atoms with Crippen molar-refractivity contribution >= 4 is 18.2 Å². The second kappa shape index (κ2) is 3.27. The predicted octanol–water partition coefficient (Wildman–Crippen LogP) is 1.10. The van der Waals surface area contributed by atoms with Crippen molar-refractivity contribution in [3.8, 4) is 5.75 Å². The van der Waals surface area contributed by atoms with Crippen molar-refractivity contribution in [1.29, 1.82) is 0 Å². The maximum Gasteiger partial charge on any atom is 0.136 e. The number of hydrogen-bond acceptors (Lipinski definition) is 3. The van der Waals surface area contributed by atoms with Gasteiger partial charge in [-0.05, 0) is 18.6 Å². The first-order valence-electron chi connectivity index (χ1n) is 2.61. The molecule has 0 amide bonds. The Morgan fingerprint density at radius 2 is 2.20 bits per heavy atom. The lowest BCUT2D eigenvalue weighted by Crippen LogP contribution is -1.89. The number of rotatable bonds is 0. The van der Waals surface area contributed by atoms with Gasteiger partial charge in [-0.2, -0.15) is 0 Å². The highest BCUT2D eigenvalue weighted by atomic mass is 35.5. The standard InChI is InChI=1S/C6H8N2O.ClH/c1-4-2-6(7)8-3-5(4)9;/h2-3,9H,1H3,(H2,7,8);1H. The van der Waals surface area contributed by atoms with E-state index in [0.717, 1.165) is 5.56 Å². The van der Waals surface area contributed by atoms with E-state index < -0.39 is 0 Å². The van der Waals surface area contributed by atoms with E-state index in [1.165, 1.54) is 6.20 Å². The molecule has 0 fully saturated rings. The van der Waals surface area contributed by atoms with Gasteiger partial charge in [-0.15, -0.1) is 12.4 Å². The van der Waals surface area contributed by atoms with Gasteiger partial charge in [-0.3, -0.25) is 0 Å². The number of nitrogens with two attached hydrogens (primary N) is 1. The fourth-order valence-corrected chi connectivity index (χ4v) is 0.571. The van der Waals surface area contributed by atoms with Crippen LogP contribution in [0.1, 0.15) is 5.56 Å². The van der Waals surface area contributed by atoms with Crippen molar-refractivity contribution in [3.63, 3.8) is 0 Å². The van der Waals surface area contributed by atoms with Gasteiger partial charge < -0.3 is 10.8 Å². The smallest absolute Gasteiger partial charge is 0.136 e. The molecule has 10 heavy (non-hydrogen) atoms. The fourth-order valence-electron chi connectivity index (χ4n) is 0.571. The van der Waals surface area contributed by atoms with Crippen LogP contribution in [0.15, 0.2) is 12.3 Å². The first kappa shape index (κ1) is 9.04. The molecule has 1 heterocycles. The summed E-state index contributed by atoms with van der Waals surface area (Å²) < 4.78 is 0. The van der Waals surface area contributed by atoms with Crippen LogP contribution in [0.3, 0.4) is 0 Å². The van der Waals surface area contributed by atoms with E-state index in [1.54, 1.807) is 13.0 Å². The zero-order chi connectivity index (χ0) is 6.85. The SMILES string of the molecule is Cc1cc(N)ncc1O.Cl. The summed E-state index contributed by atoms with van der Waals surface area (Å²) in [5.74, 6) is 0.620. The third-order valence-corrected chi connectivity index (χ3v) is 1.10. The summed E-state index contributed by atoms with van der Waals surface area (Å²) in [6.45, 7) is 1.77. The molecule has 56 valence electrons. The van der Waals surface area contributed by atoms with Gasteiger partial charge in [-0.25, -0.2) is 4.98 Å². The third-order valence-electron chi connectivity index (χ3n) is 1.10. The zero-order valence-electron chi connectivity index (χ0n) is 5.53. The van der Waals surface area contributed by atoms with E-state index in [0.29, 0.717) is 5.82 Å². The van der Waals surface area contributed by atoms with Crippen molar-refractivity contribution < 1.29 is 5.11 Å². The van der Waals surface area contributed by atoms with E-state index in [2.05, 4.69) is 4.98 Å². The summed E-state index contributed by atoms with van der Waals surface area (Å²) in [6, 6.07) is 1.62. The molecule has 0 radical (unpaired) electrons. The van der Waals surface area contributed by atoms with Gasteiger partial charge in [0.1, 0.15) is 11.6 Å². The number of halogens is 1. The monoisotopic (exact) mass is 160 g/mol. The van der Waals surface area contributed by atoms with E-state index in [4.69, 9.17) is 10.8 Å². The van der Waals surface area contributed by atoms with Crippen molar-refractivity contribution in [2.24, 2.45) is 0 Å². The molecule has 0 aliphatic carbocycles. The molecule has 0 aromatic carbocycles. The predicted molar refractivity (Wildman–Crippen MR) is 42.3 cm³/mol. The quantitative estimate of drug-likeness (QED) is 0.598. The Kier molecular flexibility index (Phi) is 2.96. The van der Waals surface area contributed by atoms with Gasteiger partial charge in [-0.1, -0.05) is 0 Å². The Morgan fingerprint density at radius 3 is 2.60 bits per heavy atom. The van der Waals surface area contributed by atoms with Gasteiger partial charge in [0, 0.05) is 0 Å². The maximum absolute atomic E-state index is 8.93. The zero-order valence-corrected chi connectivity index (χ0v) is 6.35. The maximum atomic E-state index is 8.93. The number of hydrogen-bond donors (Lipinski definition) is 2. The molecule has 3 nitrogen and oxygen atoms in total. The number of anilines is 1.